The van der Waals surface area contributed by atoms with Crippen LogP contribution in [0, 0.1) is 0 Å². The molecule has 9 nitrogen and oxygen atoms in total. The van der Waals surface area contributed by atoms with Gasteiger partial charge in [-0.05, 0) is 35.9 Å². The van der Waals surface area contributed by atoms with Crippen molar-refractivity contribution >= 4 is 33.3 Å². The fourth-order valence-electron chi connectivity index (χ4n) is 2.73. The van der Waals surface area contributed by atoms with Crippen molar-refractivity contribution in [1.29, 1.82) is 0 Å². The van der Waals surface area contributed by atoms with Gasteiger partial charge in [0.15, 0.2) is 11.4 Å². The van der Waals surface area contributed by atoms with Crippen LogP contribution >= 0.6 is 0 Å². The van der Waals surface area contributed by atoms with E-state index in [1.54, 1.807) is 36.4 Å². The largest absolute Gasteiger partial charge is 0.505 e. The number of imidazole rings is 1. The average Bonchev–Trinajstić information content (AvgIpc) is 3.00. The predicted octanol–water partition coefficient (Wildman–Crippen LogP) is 2.28. The number of rotatable bonds is 3. The molecule has 0 aliphatic heterocycles. The molecule has 26 heavy (non-hydrogen) atoms. The number of benzene rings is 2. The molecule has 2 aromatic carbocycles. The van der Waals surface area contributed by atoms with Crippen LogP contribution in [0.25, 0.3) is 21.9 Å². The Kier molecular flexibility index (Phi) is 3.63. The molecule has 0 atom stereocenters. The topological polar surface area (TPSA) is 152 Å². The first-order valence-corrected chi connectivity index (χ1v) is 7.77. The molecule has 0 saturated carbocycles. The fourth-order valence-corrected chi connectivity index (χ4v) is 2.73. The number of aromatic amines is 3. The van der Waals surface area contributed by atoms with Crippen LogP contribution in [0.4, 0.5) is 11.4 Å². The Morgan fingerprint density at radius 1 is 0.923 bits per heavy atom. The summed E-state index contributed by atoms with van der Waals surface area (Å²) in [5.41, 5.74) is 7.43. The summed E-state index contributed by atoms with van der Waals surface area (Å²) >= 11 is 0. The summed E-state index contributed by atoms with van der Waals surface area (Å²) < 4.78 is 0. The van der Waals surface area contributed by atoms with Gasteiger partial charge in [-0.3, -0.25) is 4.79 Å². The smallest absolute Gasteiger partial charge is 0.323 e. The Labute approximate surface area is 145 Å². The van der Waals surface area contributed by atoms with E-state index in [1.807, 2.05) is 0 Å². The second-order valence-corrected chi connectivity index (χ2v) is 5.74. The highest BCUT2D eigenvalue weighted by Gasteiger charge is 2.12. The molecule has 0 spiro atoms. The molecule has 2 aromatic heterocycles. The molecule has 130 valence electrons. The van der Waals surface area contributed by atoms with E-state index in [9.17, 15) is 14.7 Å². The van der Waals surface area contributed by atoms with E-state index < -0.39 is 5.56 Å². The Balaban J connectivity index is 1.78. The van der Waals surface area contributed by atoms with Crippen LogP contribution in [0.15, 0.2) is 56.2 Å². The van der Waals surface area contributed by atoms with Gasteiger partial charge in [-0.2, -0.15) is 5.11 Å². The molecule has 0 aliphatic carbocycles. The van der Waals surface area contributed by atoms with Gasteiger partial charge < -0.3 is 25.8 Å². The molecule has 2 heterocycles. The van der Waals surface area contributed by atoms with Crippen molar-refractivity contribution < 1.29 is 5.11 Å². The maximum absolute atomic E-state index is 12.2. The molecule has 0 saturated heterocycles. The lowest BCUT2D eigenvalue weighted by molar-refractivity contribution is 0.481. The highest BCUT2D eigenvalue weighted by molar-refractivity contribution is 5.89. The zero-order valence-electron chi connectivity index (χ0n) is 13.4. The number of azo groups is 1. The lowest BCUT2D eigenvalue weighted by Crippen LogP contribution is -2.06. The highest BCUT2D eigenvalue weighted by Crippen LogP contribution is 2.31. The molecular formula is C17H14N6O3. The van der Waals surface area contributed by atoms with E-state index in [-0.39, 0.29) is 17.1 Å². The van der Waals surface area contributed by atoms with Gasteiger partial charge in [0, 0.05) is 11.9 Å². The van der Waals surface area contributed by atoms with Crippen LogP contribution < -0.4 is 17.0 Å². The number of H-pyrrole nitrogens is 3. The molecule has 9 heteroatoms. The molecule has 0 amide bonds. The van der Waals surface area contributed by atoms with Crippen LogP contribution in [0.2, 0.25) is 0 Å². The summed E-state index contributed by atoms with van der Waals surface area (Å²) in [6, 6.07) is 10.0. The van der Waals surface area contributed by atoms with E-state index in [0.717, 1.165) is 5.56 Å². The predicted molar refractivity (Wildman–Crippen MR) is 97.2 cm³/mol. The minimum absolute atomic E-state index is 0.194. The highest BCUT2D eigenvalue weighted by atomic mass is 16.3. The Morgan fingerprint density at radius 3 is 2.54 bits per heavy atom. The molecule has 4 rings (SSSR count). The number of aromatic nitrogens is 3. The number of aromatic hydroxyl groups is 1. The summed E-state index contributed by atoms with van der Waals surface area (Å²) in [6.45, 7) is 0.323. The third-order valence-corrected chi connectivity index (χ3v) is 4.03. The van der Waals surface area contributed by atoms with Gasteiger partial charge in [-0.15, -0.1) is 5.11 Å². The quantitative estimate of drug-likeness (QED) is 0.360. The average molecular weight is 350 g/mol. The lowest BCUT2D eigenvalue weighted by Gasteiger charge is -2.05. The van der Waals surface area contributed by atoms with Gasteiger partial charge in [-0.25, -0.2) is 4.79 Å². The van der Waals surface area contributed by atoms with Crippen LogP contribution in [-0.2, 0) is 6.54 Å². The second-order valence-electron chi connectivity index (χ2n) is 5.74. The number of nitrogens with zero attached hydrogens (tertiary/aromatic N) is 2. The van der Waals surface area contributed by atoms with E-state index in [1.165, 1.54) is 0 Å². The number of hydrogen-bond donors (Lipinski definition) is 5. The molecule has 0 radical (unpaired) electrons. The summed E-state index contributed by atoms with van der Waals surface area (Å²) in [4.78, 5) is 31.4. The minimum atomic E-state index is -0.566. The second kappa shape index (κ2) is 5.97. The van der Waals surface area contributed by atoms with Gasteiger partial charge in [0.1, 0.15) is 0 Å². The van der Waals surface area contributed by atoms with Gasteiger partial charge in [-0.1, -0.05) is 6.07 Å². The summed E-state index contributed by atoms with van der Waals surface area (Å²) in [7, 11) is 0. The Hall–Kier alpha value is -3.72. The van der Waals surface area contributed by atoms with Crippen molar-refractivity contribution in [2.75, 3.05) is 0 Å². The lowest BCUT2D eigenvalue weighted by atomic mass is 10.1. The summed E-state index contributed by atoms with van der Waals surface area (Å²) in [6.07, 6.45) is 0. The van der Waals surface area contributed by atoms with Crippen LogP contribution in [0.5, 0.6) is 5.75 Å². The zero-order valence-corrected chi connectivity index (χ0v) is 13.4. The van der Waals surface area contributed by atoms with E-state index in [0.29, 0.717) is 34.2 Å². The number of pyridine rings is 1. The summed E-state index contributed by atoms with van der Waals surface area (Å²) in [5, 5.41) is 18.7. The van der Waals surface area contributed by atoms with Crippen molar-refractivity contribution in [3.05, 3.63) is 62.8 Å². The first-order valence-electron chi connectivity index (χ1n) is 7.77. The maximum Gasteiger partial charge on any atom is 0.323 e. The maximum atomic E-state index is 12.2. The molecule has 0 aliphatic rings. The van der Waals surface area contributed by atoms with Gasteiger partial charge in [0.05, 0.1) is 22.2 Å². The van der Waals surface area contributed by atoms with Crippen molar-refractivity contribution in [3.63, 3.8) is 0 Å². The third kappa shape index (κ3) is 2.66. The van der Waals surface area contributed by atoms with E-state index in [4.69, 9.17) is 5.73 Å². The normalized spacial score (nSPS) is 11.7. The Bertz CT molecular complexity index is 1280. The van der Waals surface area contributed by atoms with Crippen molar-refractivity contribution in [2.24, 2.45) is 16.0 Å². The molecule has 0 fully saturated rings. The monoisotopic (exact) mass is 350 g/mol. The summed E-state index contributed by atoms with van der Waals surface area (Å²) in [5.74, 6) is -0.257. The van der Waals surface area contributed by atoms with E-state index >= 15 is 0 Å². The van der Waals surface area contributed by atoms with Crippen molar-refractivity contribution in [1.82, 2.24) is 15.0 Å². The first kappa shape index (κ1) is 15.8. The number of nitrogens with two attached hydrogens (primary N) is 1. The van der Waals surface area contributed by atoms with Crippen LogP contribution in [0.1, 0.15) is 5.56 Å². The van der Waals surface area contributed by atoms with Gasteiger partial charge >= 0.3 is 5.69 Å². The molecule has 4 aromatic rings. The fraction of sp³-hybridized carbons (Fsp3) is 0.0588. The number of hydrogen-bond acceptors (Lipinski definition) is 6. The van der Waals surface area contributed by atoms with Crippen LogP contribution in [0.3, 0.4) is 0 Å². The van der Waals surface area contributed by atoms with Crippen molar-refractivity contribution in [3.8, 4) is 5.75 Å². The molecular weight excluding hydrogens is 336 g/mol. The minimum Gasteiger partial charge on any atom is -0.505 e. The number of fused-ring (bicyclic) bond motifs is 2. The first-order chi connectivity index (χ1) is 12.5. The number of nitrogens with one attached hydrogen (secondary N) is 3. The van der Waals surface area contributed by atoms with E-state index in [2.05, 4.69) is 25.2 Å². The molecule has 6 N–H and O–H groups in total. The van der Waals surface area contributed by atoms with Crippen molar-refractivity contribution in [2.45, 2.75) is 6.54 Å². The van der Waals surface area contributed by atoms with Gasteiger partial charge in [0.25, 0.3) is 5.56 Å². The SMILES string of the molecule is NCc1ccc2c(O)c(N=Nc3ccc4[nH]c(=O)[nH]c4c3)c(=O)[nH]c2c1. The van der Waals surface area contributed by atoms with Gasteiger partial charge in [0.2, 0.25) is 0 Å². The zero-order chi connectivity index (χ0) is 18.3. The molecule has 0 unspecified atom stereocenters. The standard InChI is InChI=1S/C17H14N6O3/c18-7-8-1-3-10-12(5-8)19-16(25)14(15(10)24)23-22-9-2-4-11-13(6-9)21-17(26)20-11/h1-6H,7,18H2,(H2,19,24,25)(H2,20,21,26). The molecule has 0 bridgehead atoms. The third-order valence-electron chi connectivity index (χ3n) is 4.03. The van der Waals surface area contributed by atoms with Crippen LogP contribution in [-0.4, -0.2) is 20.1 Å². The Morgan fingerprint density at radius 2 is 1.73 bits per heavy atom.